The van der Waals surface area contributed by atoms with E-state index < -0.39 is 28.5 Å². The maximum atomic E-state index is 14.6. The summed E-state index contributed by atoms with van der Waals surface area (Å²) in [6.07, 6.45) is 0.235. The Bertz CT molecular complexity index is 1730. The van der Waals surface area contributed by atoms with Crippen molar-refractivity contribution in [2.45, 2.75) is 57.6 Å². The zero-order valence-corrected chi connectivity index (χ0v) is 28.9. The smallest absolute Gasteiger partial charge is 0.264 e. The van der Waals surface area contributed by atoms with Gasteiger partial charge in [0, 0.05) is 23.5 Å². The van der Waals surface area contributed by atoms with Crippen LogP contribution in [0.4, 0.5) is 5.69 Å². The summed E-state index contributed by atoms with van der Waals surface area (Å²) in [6.45, 7) is 7.21. The predicted octanol–water partition coefficient (Wildman–Crippen LogP) is 6.52. The van der Waals surface area contributed by atoms with Gasteiger partial charge >= 0.3 is 0 Å². The van der Waals surface area contributed by atoms with Crippen molar-refractivity contribution in [2.75, 3.05) is 17.5 Å². The van der Waals surface area contributed by atoms with Gasteiger partial charge in [-0.1, -0.05) is 88.2 Å². The number of rotatable bonds is 14. The third-order valence-electron chi connectivity index (χ3n) is 7.27. The van der Waals surface area contributed by atoms with Crippen molar-refractivity contribution in [3.63, 3.8) is 0 Å². The van der Waals surface area contributed by atoms with E-state index in [1.807, 2.05) is 82.3 Å². The van der Waals surface area contributed by atoms with E-state index in [4.69, 9.17) is 4.74 Å². The first-order chi connectivity index (χ1) is 22.0. The molecule has 2 amide bonds. The third-order valence-corrected chi connectivity index (χ3v) is 9.53. The summed E-state index contributed by atoms with van der Waals surface area (Å²) >= 11 is 3.51. The van der Waals surface area contributed by atoms with Gasteiger partial charge in [0.2, 0.25) is 11.8 Å². The van der Waals surface area contributed by atoms with Crippen LogP contribution in [0.2, 0.25) is 0 Å². The molecule has 1 atom stereocenters. The number of nitrogens with one attached hydrogen (secondary N) is 1. The minimum absolute atomic E-state index is 0.0362. The lowest BCUT2D eigenvalue weighted by Gasteiger charge is -2.34. The number of nitrogens with zero attached hydrogens (tertiary/aromatic N) is 2. The molecule has 46 heavy (non-hydrogen) atoms. The van der Waals surface area contributed by atoms with E-state index in [1.165, 1.54) is 17.0 Å². The first-order valence-electron chi connectivity index (χ1n) is 15.2. The molecule has 4 aromatic rings. The summed E-state index contributed by atoms with van der Waals surface area (Å²) in [5.74, 6) is -0.544. The Labute approximate surface area is 280 Å². The van der Waals surface area contributed by atoms with Gasteiger partial charge in [0.25, 0.3) is 10.0 Å². The minimum atomic E-state index is -4.25. The largest absolute Gasteiger partial charge is 0.492 e. The van der Waals surface area contributed by atoms with Crippen LogP contribution in [0.25, 0.3) is 0 Å². The number of sulfonamides is 1. The van der Waals surface area contributed by atoms with Crippen molar-refractivity contribution in [3.05, 3.63) is 124 Å². The average Bonchev–Trinajstić information content (AvgIpc) is 3.02. The second-order valence-corrected chi connectivity index (χ2v) is 14.0. The molecular weight excluding hydrogens is 666 g/mol. The molecule has 8 nitrogen and oxygen atoms in total. The average molecular weight is 707 g/mol. The lowest BCUT2D eigenvalue weighted by atomic mass is 10.0. The van der Waals surface area contributed by atoms with E-state index in [9.17, 15) is 18.0 Å². The number of ether oxygens (including phenoxy) is 1. The van der Waals surface area contributed by atoms with Crippen molar-refractivity contribution >= 4 is 43.5 Å². The standard InChI is InChI=1S/C36H40BrN3O5S/c1-5-45-34-17-10-9-16-32(34)40(46(43,44)31-20-18-27(4)19-21-31)25-35(41)39(24-29-14-11-15-30(37)22-29)33(36(42)38-26(2)3)23-28-12-7-6-8-13-28/h6-22,26,33H,5,23-25H2,1-4H3,(H,38,42)/t33-/m0/s1. The van der Waals surface area contributed by atoms with Crippen LogP contribution in [0.3, 0.4) is 0 Å². The van der Waals surface area contributed by atoms with E-state index in [-0.39, 0.29) is 35.5 Å². The van der Waals surface area contributed by atoms with Gasteiger partial charge in [-0.15, -0.1) is 0 Å². The van der Waals surface area contributed by atoms with Gasteiger partial charge in [0.1, 0.15) is 18.3 Å². The number of amides is 2. The number of carbonyl (C=O) groups excluding carboxylic acids is 2. The van der Waals surface area contributed by atoms with Crippen molar-refractivity contribution in [1.29, 1.82) is 0 Å². The van der Waals surface area contributed by atoms with Crippen LogP contribution in [-0.2, 0) is 32.6 Å². The lowest BCUT2D eigenvalue weighted by molar-refractivity contribution is -0.140. The van der Waals surface area contributed by atoms with Gasteiger partial charge in [-0.2, -0.15) is 0 Å². The molecule has 0 bridgehead atoms. The number of hydrogen-bond acceptors (Lipinski definition) is 5. The molecule has 0 aliphatic heterocycles. The molecule has 0 aliphatic rings. The van der Waals surface area contributed by atoms with Crippen molar-refractivity contribution in [1.82, 2.24) is 10.2 Å². The van der Waals surface area contributed by atoms with Crippen LogP contribution < -0.4 is 14.4 Å². The van der Waals surface area contributed by atoms with E-state index in [2.05, 4.69) is 21.2 Å². The molecule has 4 rings (SSSR count). The molecule has 0 aromatic heterocycles. The summed E-state index contributed by atoms with van der Waals surface area (Å²) in [7, 11) is -4.25. The fourth-order valence-corrected chi connectivity index (χ4v) is 6.93. The Hall–Kier alpha value is -4.15. The van der Waals surface area contributed by atoms with Crippen LogP contribution in [0.15, 0.2) is 112 Å². The Kier molecular flexibility index (Phi) is 12.0. The van der Waals surface area contributed by atoms with Crippen molar-refractivity contribution in [2.24, 2.45) is 0 Å². The quantitative estimate of drug-likeness (QED) is 0.161. The van der Waals surface area contributed by atoms with Crippen LogP contribution in [0.1, 0.15) is 37.5 Å². The number of halogens is 1. The monoisotopic (exact) mass is 705 g/mol. The summed E-state index contributed by atoms with van der Waals surface area (Å²) in [4.78, 5) is 30.0. The molecule has 0 aliphatic carbocycles. The second kappa shape index (κ2) is 15.9. The van der Waals surface area contributed by atoms with Gasteiger partial charge in [-0.05, 0) is 75.2 Å². The fraction of sp³-hybridized carbons (Fsp3) is 0.278. The highest BCUT2D eigenvalue weighted by Gasteiger charge is 2.35. The van der Waals surface area contributed by atoms with E-state index in [0.717, 1.165) is 25.5 Å². The number of para-hydroxylation sites is 2. The SMILES string of the molecule is CCOc1ccccc1N(CC(=O)N(Cc1cccc(Br)c1)[C@@H](Cc1ccccc1)C(=O)NC(C)C)S(=O)(=O)c1ccc(C)cc1. The van der Waals surface area contributed by atoms with Crippen LogP contribution in [-0.4, -0.2) is 50.4 Å². The highest BCUT2D eigenvalue weighted by Crippen LogP contribution is 2.33. The first-order valence-corrected chi connectivity index (χ1v) is 17.4. The molecule has 0 unspecified atom stereocenters. The first kappa shape index (κ1) is 34.7. The molecule has 0 radical (unpaired) electrons. The van der Waals surface area contributed by atoms with E-state index >= 15 is 0 Å². The number of anilines is 1. The molecule has 242 valence electrons. The van der Waals surface area contributed by atoms with Crippen molar-refractivity contribution in [3.8, 4) is 5.75 Å². The molecule has 10 heteroatoms. The Morgan fingerprint density at radius 3 is 2.17 bits per heavy atom. The normalized spacial score (nSPS) is 12.0. The summed E-state index contributed by atoms with van der Waals surface area (Å²) < 4.78 is 36.4. The van der Waals surface area contributed by atoms with Gasteiger partial charge in [0.05, 0.1) is 17.2 Å². The number of hydrogen-bond donors (Lipinski definition) is 1. The van der Waals surface area contributed by atoms with Gasteiger partial charge in [-0.25, -0.2) is 8.42 Å². The molecule has 1 N–H and O–H groups in total. The summed E-state index contributed by atoms with van der Waals surface area (Å²) in [5.41, 5.74) is 2.77. The Morgan fingerprint density at radius 2 is 1.52 bits per heavy atom. The highest BCUT2D eigenvalue weighted by molar-refractivity contribution is 9.10. The molecule has 0 fully saturated rings. The lowest BCUT2D eigenvalue weighted by Crippen LogP contribution is -2.54. The zero-order chi connectivity index (χ0) is 33.3. The second-order valence-electron chi connectivity index (χ2n) is 11.2. The van der Waals surface area contributed by atoms with Crippen LogP contribution in [0.5, 0.6) is 5.75 Å². The minimum Gasteiger partial charge on any atom is -0.492 e. The highest BCUT2D eigenvalue weighted by atomic mass is 79.9. The topological polar surface area (TPSA) is 96.0 Å². The Balaban J connectivity index is 1.84. The summed E-state index contributed by atoms with van der Waals surface area (Å²) in [5, 5.41) is 2.97. The Morgan fingerprint density at radius 1 is 0.870 bits per heavy atom. The molecular formula is C36H40BrN3O5S. The van der Waals surface area contributed by atoms with E-state index in [0.29, 0.717) is 12.4 Å². The maximum Gasteiger partial charge on any atom is 0.264 e. The molecule has 0 saturated carbocycles. The van der Waals surface area contributed by atoms with Gasteiger partial charge < -0.3 is 15.0 Å². The van der Waals surface area contributed by atoms with Crippen LogP contribution in [0, 0.1) is 6.92 Å². The van der Waals surface area contributed by atoms with Crippen molar-refractivity contribution < 1.29 is 22.7 Å². The fourth-order valence-electron chi connectivity index (χ4n) is 5.06. The number of benzene rings is 4. The van der Waals surface area contributed by atoms with Crippen LogP contribution >= 0.6 is 15.9 Å². The maximum absolute atomic E-state index is 14.6. The predicted molar refractivity (Wildman–Crippen MR) is 185 cm³/mol. The zero-order valence-electron chi connectivity index (χ0n) is 26.5. The third kappa shape index (κ3) is 8.98. The molecule has 0 spiro atoms. The van der Waals surface area contributed by atoms with Gasteiger partial charge in [0.15, 0.2) is 0 Å². The van der Waals surface area contributed by atoms with Gasteiger partial charge in [-0.3, -0.25) is 13.9 Å². The number of carbonyl (C=O) groups is 2. The molecule has 0 heterocycles. The number of aryl methyl sites for hydroxylation is 1. The molecule has 0 saturated heterocycles. The van der Waals surface area contributed by atoms with E-state index in [1.54, 1.807) is 36.4 Å². The molecule has 4 aromatic carbocycles. The summed E-state index contributed by atoms with van der Waals surface area (Å²) in [6, 6.07) is 29.1.